The molecule has 1 aromatic heterocycles. The summed E-state index contributed by atoms with van der Waals surface area (Å²) in [6, 6.07) is 2.29. The van der Waals surface area contributed by atoms with Crippen molar-refractivity contribution in [3.05, 3.63) is 12.3 Å². The molecule has 136 valence electrons. The van der Waals surface area contributed by atoms with Gasteiger partial charge in [-0.25, -0.2) is 4.68 Å². The zero-order valence-corrected chi connectivity index (χ0v) is 14.8. The van der Waals surface area contributed by atoms with Crippen molar-refractivity contribution in [2.45, 2.75) is 63.8 Å². The minimum Gasteiger partial charge on any atom is -0.342 e. The number of nitrogens with zero attached hydrogens (tertiary/aromatic N) is 3. The van der Waals surface area contributed by atoms with Gasteiger partial charge in [0.1, 0.15) is 5.82 Å². The molecular formula is C19H28N4O2. The molecule has 25 heavy (non-hydrogen) atoms. The van der Waals surface area contributed by atoms with Gasteiger partial charge < -0.3 is 10.2 Å². The number of aromatic nitrogens is 2. The molecule has 2 amide bonds. The molecule has 0 bridgehead atoms. The first-order valence-electron chi connectivity index (χ1n) is 9.85. The first-order chi connectivity index (χ1) is 12.2. The van der Waals surface area contributed by atoms with Crippen LogP contribution in [0.3, 0.4) is 0 Å². The van der Waals surface area contributed by atoms with Crippen LogP contribution in [0.15, 0.2) is 12.3 Å². The standard InChI is InChI=1S/C19H28N4O2/c24-18(15-5-4-12-22(13-15)19(25)14-8-9-14)21-17-10-11-20-23(17)16-6-2-1-3-7-16/h10-11,14-16H,1-9,12-13H2,(H,21,24). The van der Waals surface area contributed by atoms with E-state index in [0.29, 0.717) is 12.6 Å². The van der Waals surface area contributed by atoms with Crippen molar-refractivity contribution in [1.29, 1.82) is 0 Å². The Kier molecular flexibility index (Phi) is 4.77. The van der Waals surface area contributed by atoms with Gasteiger partial charge in [-0.2, -0.15) is 5.10 Å². The maximum atomic E-state index is 12.8. The van der Waals surface area contributed by atoms with Gasteiger partial charge >= 0.3 is 0 Å². The molecule has 1 N–H and O–H groups in total. The summed E-state index contributed by atoms with van der Waals surface area (Å²) < 4.78 is 1.99. The molecule has 6 nitrogen and oxygen atoms in total. The lowest BCUT2D eigenvalue weighted by Crippen LogP contribution is -2.44. The zero-order chi connectivity index (χ0) is 17.2. The van der Waals surface area contributed by atoms with E-state index in [1.54, 1.807) is 6.20 Å². The number of anilines is 1. The topological polar surface area (TPSA) is 67.2 Å². The number of rotatable bonds is 4. The van der Waals surface area contributed by atoms with E-state index in [1.807, 2.05) is 15.6 Å². The minimum absolute atomic E-state index is 0.0332. The van der Waals surface area contributed by atoms with Crippen LogP contribution in [-0.4, -0.2) is 39.6 Å². The number of amides is 2. The zero-order valence-electron chi connectivity index (χ0n) is 14.8. The van der Waals surface area contributed by atoms with E-state index >= 15 is 0 Å². The van der Waals surface area contributed by atoms with Crippen molar-refractivity contribution in [3.63, 3.8) is 0 Å². The molecule has 1 aliphatic heterocycles. The van der Waals surface area contributed by atoms with Crippen LogP contribution in [0.1, 0.15) is 63.8 Å². The normalized spacial score (nSPS) is 25.0. The lowest BCUT2D eigenvalue weighted by atomic mass is 9.95. The number of hydrogen-bond donors (Lipinski definition) is 1. The highest BCUT2D eigenvalue weighted by Gasteiger charge is 2.36. The second-order valence-corrected chi connectivity index (χ2v) is 7.84. The summed E-state index contributed by atoms with van der Waals surface area (Å²) in [6.45, 7) is 1.37. The molecule has 0 radical (unpaired) electrons. The molecule has 1 aromatic rings. The first kappa shape index (κ1) is 16.6. The second-order valence-electron chi connectivity index (χ2n) is 7.84. The van der Waals surface area contributed by atoms with Gasteiger partial charge in [-0.3, -0.25) is 9.59 Å². The molecular weight excluding hydrogens is 316 g/mol. The lowest BCUT2D eigenvalue weighted by Gasteiger charge is -2.32. The molecule has 3 aliphatic rings. The summed E-state index contributed by atoms with van der Waals surface area (Å²) in [5.74, 6) is 1.22. The van der Waals surface area contributed by atoms with Crippen molar-refractivity contribution in [1.82, 2.24) is 14.7 Å². The second kappa shape index (κ2) is 7.18. The van der Waals surface area contributed by atoms with Gasteiger partial charge in [0.25, 0.3) is 0 Å². The third-order valence-corrected chi connectivity index (χ3v) is 5.87. The van der Waals surface area contributed by atoms with Crippen molar-refractivity contribution in [2.75, 3.05) is 18.4 Å². The Hall–Kier alpha value is -1.85. The van der Waals surface area contributed by atoms with Gasteiger partial charge in [-0.15, -0.1) is 0 Å². The average Bonchev–Trinajstić information content (AvgIpc) is 3.41. The molecule has 2 aliphatic carbocycles. The molecule has 1 atom stereocenters. The van der Waals surface area contributed by atoms with Crippen molar-refractivity contribution in [3.8, 4) is 0 Å². The van der Waals surface area contributed by atoms with Crippen molar-refractivity contribution >= 4 is 17.6 Å². The number of carbonyl (C=O) groups excluding carboxylic acids is 2. The Morgan fingerprint density at radius 1 is 1.00 bits per heavy atom. The van der Waals surface area contributed by atoms with Gasteiger partial charge in [0.15, 0.2) is 0 Å². The Morgan fingerprint density at radius 2 is 1.80 bits per heavy atom. The fourth-order valence-corrected chi connectivity index (χ4v) is 4.24. The Labute approximate surface area is 148 Å². The van der Waals surface area contributed by atoms with Gasteiger partial charge in [0, 0.05) is 25.1 Å². The highest BCUT2D eigenvalue weighted by atomic mass is 16.2. The van der Waals surface area contributed by atoms with Crippen LogP contribution in [0.25, 0.3) is 0 Å². The summed E-state index contributed by atoms with van der Waals surface area (Å²) in [4.78, 5) is 27.0. The fourth-order valence-electron chi connectivity index (χ4n) is 4.24. The largest absolute Gasteiger partial charge is 0.342 e. The minimum atomic E-state index is -0.105. The van der Waals surface area contributed by atoms with Crippen LogP contribution in [0, 0.1) is 11.8 Å². The van der Waals surface area contributed by atoms with E-state index in [2.05, 4.69) is 10.4 Å². The number of hydrogen-bond acceptors (Lipinski definition) is 3. The molecule has 6 heteroatoms. The van der Waals surface area contributed by atoms with E-state index in [9.17, 15) is 9.59 Å². The average molecular weight is 344 g/mol. The van der Waals surface area contributed by atoms with Gasteiger partial charge in [0.2, 0.25) is 11.8 Å². The Balaban J connectivity index is 1.38. The molecule has 4 rings (SSSR count). The molecule has 3 fully saturated rings. The van der Waals surface area contributed by atoms with E-state index in [1.165, 1.54) is 19.3 Å². The van der Waals surface area contributed by atoms with Crippen LogP contribution >= 0.6 is 0 Å². The van der Waals surface area contributed by atoms with E-state index in [-0.39, 0.29) is 23.7 Å². The maximum absolute atomic E-state index is 12.8. The Bertz CT molecular complexity index is 631. The molecule has 1 unspecified atom stereocenters. The van der Waals surface area contributed by atoms with Crippen LogP contribution < -0.4 is 5.32 Å². The summed E-state index contributed by atoms with van der Waals surface area (Å²) in [5, 5.41) is 7.54. The predicted molar refractivity (Wildman–Crippen MR) is 95.0 cm³/mol. The fraction of sp³-hybridized carbons (Fsp3) is 0.737. The molecule has 1 saturated heterocycles. The summed E-state index contributed by atoms with van der Waals surface area (Å²) in [7, 11) is 0. The van der Waals surface area contributed by atoms with Gasteiger partial charge in [0.05, 0.1) is 18.2 Å². The number of piperidine rings is 1. The van der Waals surface area contributed by atoms with Crippen LogP contribution in [-0.2, 0) is 9.59 Å². The van der Waals surface area contributed by atoms with Gasteiger partial charge in [-0.05, 0) is 38.5 Å². The number of carbonyl (C=O) groups is 2. The number of likely N-dealkylation sites (tertiary alicyclic amines) is 1. The lowest BCUT2D eigenvalue weighted by molar-refractivity contribution is -0.135. The molecule has 2 heterocycles. The van der Waals surface area contributed by atoms with Crippen LogP contribution in [0.2, 0.25) is 0 Å². The van der Waals surface area contributed by atoms with E-state index in [0.717, 1.165) is 50.9 Å². The molecule has 0 aromatic carbocycles. The smallest absolute Gasteiger partial charge is 0.230 e. The number of nitrogens with one attached hydrogen (secondary N) is 1. The van der Waals surface area contributed by atoms with Crippen molar-refractivity contribution < 1.29 is 9.59 Å². The predicted octanol–water partition coefficient (Wildman–Crippen LogP) is 2.98. The monoisotopic (exact) mass is 344 g/mol. The third kappa shape index (κ3) is 3.72. The van der Waals surface area contributed by atoms with Crippen LogP contribution in [0.4, 0.5) is 5.82 Å². The van der Waals surface area contributed by atoms with Crippen molar-refractivity contribution in [2.24, 2.45) is 11.8 Å². The summed E-state index contributed by atoms with van der Waals surface area (Å²) >= 11 is 0. The third-order valence-electron chi connectivity index (χ3n) is 5.87. The molecule has 0 spiro atoms. The van der Waals surface area contributed by atoms with E-state index in [4.69, 9.17) is 0 Å². The van der Waals surface area contributed by atoms with E-state index < -0.39 is 0 Å². The van der Waals surface area contributed by atoms with Gasteiger partial charge in [-0.1, -0.05) is 19.3 Å². The SMILES string of the molecule is O=C(Nc1ccnn1C1CCCCC1)C1CCCN(C(=O)C2CC2)C1. The maximum Gasteiger partial charge on any atom is 0.230 e. The van der Waals surface area contributed by atoms with Crippen LogP contribution in [0.5, 0.6) is 0 Å². The first-order valence-corrected chi connectivity index (χ1v) is 9.85. The quantitative estimate of drug-likeness (QED) is 0.913. The highest BCUT2D eigenvalue weighted by Crippen LogP contribution is 2.33. The highest BCUT2D eigenvalue weighted by molar-refractivity contribution is 5.92. The molecule has 2 saturated carbocycles. The summed E-state index contributed by atoms with van der Waals surface area (Å²) in [6.07, 6.45) is 11.6. The Morgan fingerprint density at radius 3 is 2.56 bits per heavy atom. The summed E-state index contributed by atoms with van der Waals surface area (Å²) in [5.41, 5.74) is 0.